The number of hydrogen-bond donors (Lipinski definition) is 0. The number of nitriles is 1. The summed E-state index contributed by atoms with van der Waals surface area (Å²) in [6, 6.07) is 8.55. The van der Waals surface area contributed by atoms with Crippen molar-refractivity contribution in [3.63, 3.8) is 0 Å². The number of fused-ring (bicyclic) bond motifs is 1. The Morgan fingerprint density at radius 3 is 2.50 bits per heavy atom. The van der Waals surface area contributed by atoms with E-state index in [-0.39, 0.29) is 0 Å². The molecule has 0 aromatic heterocycles. The van der Waals surface area contributed by atoms with Gasteiger partial charge in [-0.3, -0.25) is 4.90 Å². The van der Waals surface area contributed by atoms with E-state index in [2.05, 4.69) is 34.6 Å². The molecule has 0 saturated carbocycles. The molecular weight excluding hydrogens is 192 g/mol. The predicted molar refractivity (Wildman–Crippen MR) is 58.6 cm³/mol. The Balaban J connectivity index is 1.89. The fourth-order valence-corrected chi connectivity index (χ4v) is 2.22. The van der Waals surface area contributed by atoms with Crippen LogP contribution in [0.1, 0.15) is 11.1 Å². The molecule has 2 rings (SSSR count). The van der Waals surface area contributed by atoms with E-state index in [1.54, 1.807) is 0 Å². The molecule has 3 heteroatoms. The molecule has 1 aliphatic heterocycles. The molecule has 0 atom stereocenters. The summed E-state index contributed by atoms with van der Waals surface area (Å²) < 4.78 is 0. The van der Waals surface area contributed by atoms with Gasteiger partial charge >= 0.3 is 0 Å². The van der Waals surface area contributed by atoms with Crippen molar-refractivity contribution in [3.05, 3.63) is 35.4 Å². The number of benzene rings is 1. The molecule has 2 nitrogen and oxygen atoms in total. The maximum Gasteiger partial charge on any atom is 0.133 e. The minimum atomic E-state index is 0.907. The van der Waals surface area contributed by atoms with Gasteiger partial charge in [0.15, 0.2) is 0 Å². The molecule has 0 amide bonds. The van der Waals surface area contributed by atoms with Gasteiger partial charge in [0.2, 0.25) is 0 Å². The molecule has 1 aromatic carbocycles. The fourth-order valence-electron chi connectivity index (χ4n) is 1.78. The zero-order chi connectivity index (χ0) is 9.80. The first-order chi connectivity index (χ1) is 6.90. The summed E-state index contributed by atoms with van der Waals surface area (Å²) in [7, 11) is 0. The average Bonchev–Trinajstić information content (AvgIpc) is 2.60. The summed E-state index contributed by atoms with van der Waals surface area (Å²) in [4.78, 5) is 2.38. The Morgan fingerprint density at radius 2 is 1.93 bits per heavy atom. The van der Waals surface area contributed by atoms with E-state index < -0.39 is 0 Å². The summed E-state index contributed by atoms with van der Waals surface area (Å²) in [6.45, 7) is 3.09. The topological polar surface area (TPSA) is 27.0 Å². The maximum absolute atomic E-state index is 8.41. The van der Waals surface area contributed by atoms with Gasteiger partial charge in [-0.1, -0.05) is 24.3 Å². The van der Waals surface area contributed by atoms with Crippen molar-refractivity contribution >= 4 is 11.8 Å². The lowest BCUT2D eigenvalue weighted by Gasteiger charge is -2.12. The standard InChI is InChI=1S/C11H12N2S/c12-9-14-6-5-13-7-10-3-1-2-4-11(10)8-13/h1-4H,5-8H2. The van der Waals surface area contributed by atoms with Gasteiger partial charge in [0.1, 0.15) is 5.40 Å². The molecule has 0 bridgehead atoms. The van der Waals surface area contributed by atoms with Crippen LogP contribution in [-0.4, -0.2) is 17.2 Å². The molecule has 0 N–H and O–H groups in total. The van der Waals surface area contributed by atoms with Gasteiger partial charge in [0.05, 0.1) is 0 Å². The van der Waals surface area contributed by atoms with Crippen molar-refractivity contribution in [2.45, 2.75) is 13.1 Å². The highest BCUT2D eigenvalue weighted by Gasteiger charge is 2.16. The molecule has 14 heavy (non-hydrogen) atoms. The van der Waals surface area contributed by atoms with E-state index in [4.69, 9.17) is 5.26 Å². The second kappa shape index (κ2) is 4.50. The van der Waals surface area contributed by atoms with Crippen LogP contribution in [0, 0.1) is 10.7 Å². The lowest BCUT2D eigenvalue weighted by Crippen LogP contribution is -2.19. The third-order valence-electron chi connectivity index (χ3n) is 2.48. The van der Waals surface area contributed by atoms with Crippen LogP contribution < -0.4 is 0 Å². The summed E-state index contributed by atoms with van der Waals surface area (Å²) in [5.41, 5.74) is 2.88. The average molecular weight is 204 g/mol. The third-order valence-corrected chi connectivity index (χ3v) is 3.00. The SMILES string of the molecule is N#CSCCN1Cc2ccccc2C1. The van der Waals surface area contributed by atoms with Gasteiger partial charge < -0.3 is 0 Å². The van der Waals surface area contributed by atoms with Crippen molar-refractivity contribution in [2.24, 2.45) is 0 Å². The summed E-state index contributed by atoms with van der Waals surface area (Å²) in [5, 5.41) is 10.5. The third kappa shape index (κ3) is 2.09. The molecule has 0 fully saturated rings. The Hall–Kier alpha value is -0.980. The number of nitrogens with zero attached hydrogens (tertiary/aromatic N) is 2. The van der Waals surface area contributed by atoms with E-state index in [1.807, 2.05) is 0 Å². The van der Waals surface area contributed by atoms with E-state index in [0.29, 0.717) is 0 Å². The number of rotatable bonds is 3. The van der Waals surface area contributed by atoms with E-state index in [9.17, 15) is 0 Å². The van der Waals surface area contributed by atoms with E-state index in [1.165, 1.54) is 22.9 Å². The van der Waals surface area contributed by atoms with Crippen LogP contribution >= 0.6 is 11.8 Å². The van der Waals surface area contributed by atoms with Crippen molar-refractivity contribution in [3.8, 4) is 5.40 Å². The van der Waals surface area contributed by atoms with Crippen LogP contribution in [0.25, 0.3) is 0 Å². The molecule has 1 heterocycles. The van der Waals surface area contributed by atoms with E-state index >= 15 is 0 Å². The Morgan fingerprint density at radius 1 is 1.29 bits per heavy atom. The highest BCUT2D eigenvalue weighted by atomic mass is 32.2. The second-order valence-electron chi connectivity index (χ2n) is 3.42. The first-order valence-electron chi connectivity index (χ1n) is 4.70. The van der Waals surface area contributed by atoms with Crippen molar-refractivity contribution in [1.29, 1.82) is 5.26 Å². The Kier molecular flexibility index (Phi) is 3.07. The molecule has 1 aliphatic rings. The van der Waals surface area contributed by atoms with Gasteiger partial charge in [0.25, 0.3) is 0 Å². The molecular formula is C11H12N2S. The summed E-state index contributed by atoms with van der Waals surface area (Å²) >= 11 is 1.34. The van der Waals surface area contributed by atoms with E-state index in [0.717, 1.165) is 25.4 Å². The Labute approximate surface area is 88.5 Å². The quantitative estimate of drug-likeness (QED) is 0.558. The zero-order valence-corrected chi connectivity index (χ0v) is 8.76. The predicted octanol–water partition coefficient (Wildman–Crippen LogP) is 2.22. The molecule has 0 unspecified atom stereocenters. The van der Waals surface area contributed by atoms with Crippen molar-refractivity contribution in [1.82, 2.24) is 4.90 Å². The maximum atomic E-state index is 8.41. The largest absolute Gasteiger partial charge is 0.294 e. The summed E-state index contributed by atoms with van der Waals surface area (Å²) in [6.07, 6.45) is 0. The van der Waals surface area contributed by atoms with Crippen LogP contribution in [0.15, 0.2) is 24.3 Å². The summed E-state index contributed by atoms with van der Waals surface area (Å²) in [5.74, 6) is 0.907. The minimum Gasteiger partial charge on any atom is -0.294 e. The van der Waals surface area contributed by atoms with Gasteiger partial charge in [-0.25, -0.2) is 0 Å². The van der Waals surface area contributed by atoms with Crippen LogP contribution in [0.3, 0.4) is 0 Å². The Bertz CT molecular complexity index is 332. The highest BCUT2D eigenvalue weighted by Crippen LogP contribution is 2.21. The van der Waals surface area contributed by atoms with Gasteiger partial charge in [-0.05, 0) is 22.9 Å². The van der Waals surface area contributed by atoms with Gasteiger partial charge in [-0.15, -0.1) is 0 Å². The molecule has 0 radical (unpaired) electrons. The highest BCUT2D eigenvalue weighted by molar-refractivity contribution is 8.03. The number of thiocyanates is 1. The van der Waals surface area contributed by atoms with Crippen molar-refractivity contribution in [2.75, 3.05) is 12.3 Å². The molecule has 0 aliphatic carbocycles. The smallest absolute Gasteiger partial charge is 0.133 e. The first kappa shape index (κ1) is 9.57. The molecule has 72 valence electrons. The van der Waals surface area contributed by atoms with Gasteiger partial charge in [-0.2, -0.15) is 5.26 Å². The first-order valence-corrected chi connectivity index (χ1v) is 5.69. The molecule has 0 spiro atoms. The van der Waals surface area contributed by atoms with Crippen LogP contribution in [0.2, 0.25) is 0 Å². The van der Waals surface area contributed by atoms with Crippen LogP contribution in [-0.2, 0) is 13.1 Å². The number of thioether (sulfide) groups is 1. The fraction of sp³-hybridized carbons (Fsp3) is 0.364. The molecule has 0 saturated heterocycles. The van der Waals surface area contributed by atoms with Crippen molar-refractivity contribution < 1.29 is 0 Å². The minimum absolute atomic E-state index is 0.907. The normalized spacial score (nSPS) is 15.1. The van der Waals surface area contributed by atoms with Crippen LogP contribution in [0.4, 0.5) is 0 Å². The second-order valence-corrected chi connectivity index (χ2v) is 4.30. The lowest BCUT2D eigenvalue weighted by atomic mass is 10.1. The number of hydrogen-bond acceptors (Lipinski definition) is 3. The lowest BCUT2D eigenvalue weighted by molar-refractivity contribution is 0.303. The van der Waals surface area contributed by atoms with Gasteiger partial charge in [0, 0.05) is 25.4 Å². The zero-order valence-electron chi connectivity index (χ0n) is 7.94. The molecule has 1 aromatic rings. The van der Waals surface area contributed by atoms with Crippen LogP contribution in [0.5, 0.6) is 0 Å². The monoisotopic (exact) mass is 204 g/mol.